The van der Waals surface area contributed by atoms with Crippen LogP contribution in [-0.4, -0.2) is 25.8 Å². The second kappa shape index (κ2) is 5.09. The van der Waals surface area contributed by atoms with E-state index in [0.717, 1.165) is 0 Å². The van der Waals surface area contributed by atoms with Gasteiger partial charge < -0.3 is 10.1 Å². The quantitative estimate of drug-likeness (QED) is 0.376. The average molecular weight is 310 g/mol. The first kappa shape index (κ1) is 12.4. The van der Waals surface area contributed by atoms with Gasteiger partial charge in [0.1, 0.15) is 0 Å². The fourth-order valence-corrected chi connectivity index (χ4v) is 1.76. The zero-order valence-corrected chi connectivity index (χ0v) is 10.7. The van der Waals surface area contributed by atoms with Crippen molar-refractivity contribution in [3.8, 4) is 5.69 Å². The third-order valence-electron chi connectivity index (χ3n) is 2.34. The number of halogens is 1. The molecule has 6 nitrogen and oxygen atoms in total. The van der Waals surface area contributed by atoms with E-state index in [4.69, 9.17) is 0 Å². The number of carbonyl (C=O) groups excluding carboxylic acids is 1. The second-order valence-electron chi connectivity index (χ2n) is 3.48. The lowest BCUT2D eigenvalue weighted by Gasteiger charge is -1.99. The summed E-state index contributed by atoms with van der Waals surface area (Å²) < 4.78 is 1.39. The number of alkyl halides is 1. The maximum atomic E-state index is 11.4. The van der Waals surface area contributed by atoms with Crippen LogP contribution in [0.5, 0.6) is 0 Å². The molecule has 0 fully saturated rings. The van der Waals surface area contributed by atoms with Crippen LogP contribution < -0.4 is 0 Å². The van der Waals surface area contributed by atoms with Crippen molar-refractivity contribution in [3.63, 3.8) is 0 Å². The van der Waals surface area contributed by atoms with Crippen molar-refractivity contribution in [1.82, 2.24) is 9.78 Å². The number of nitro groups is 1. The van der Waals surface area contributed by atoms with Crippen LogP contribution in [0.25, 0.3) is 5.69 Å². The smallest absolute Gasteiger partial charge is 0.358 e. The summed E-state index contributed by atoms with van der Waals surface area (Å²) in [6.07, 6.45) is 1.50. The summed E-state index contributed by atoms with van der Waals surface area (Å²) in [6, 6.07) is 8.01. The van der Waals surface area contributed by atoms with Crippen LogP contribution in [0.4, 0.5) is 5.82 Å². The summed E-state index contributed by atoms with van der Waals surface area (Å²) in [5, 5.41) is 14.6. The highest BCUT2D eigenvalue weighted by molar-refractivity contribution is 9.09. The molecule has 0 radical (unpaired) electrons. The first-order valence-electron chi connectivity index (χ1n) is 5.01. The fourth-order valence-electron chi connectivity index (χ4n) is 1.43. The van der Waals surface area contributed by atoms with Crippen molar-refractivity contribution >= 4 is 27.5 Å². The third-order valence-corrected chi connectivity index (χ3v) is 2.85. The Kier molecular flexibility index (Phi) is 3.52. The van der Waals surface area contributed by atoms with Gasteiger partial charge in [-0.2, -0.15) is 0 Å². The highest BCUT2D eigenvalue weighted by Crippen LogP contribution is 2.13. The van der Waals surface area contributed by atoms with Crippen LogP contribution in [0.1, 0.15) is 10.4 Å². The number of hydrogen-bond acceptors (Lipinski definition) is 4. The van der Waals surface area contributed by atoms with Gasteiger partial charge in [-0.3, -0.25) is 4.79 Å². The normalized spacial score (nSPS) is 10.3. The van der Waals surface area contributed by atoms with Crippen molar-refractivity contribution in [2.75, 3.05) is 5.33 Å². The van der Waals surface area contributed by atoms with E-state index in [-0.39, 0.29) is 16.9 Å². The van der Waals surface area contributed by atoms with Crippen LogP contribution in [-0.2, 0) is 0 Å². The summed E-state index contributed by atoms with van der Waals surface area (Å²) in [5.41, 5.74) is 1.24. The topological polar surface area (TPSA) is 78.0 Å². The zero-order chi connectivity index (χ0) is 13.1. The molecule has 18 heavy (non-hydrogen) atoms. The lowest BCUT2D eigenvalue weighted by molar-refractivity contribution is -0.389. The van der Waals surface area contributed by atoms with E-state index in [1.165, 1.54) is 16.9 Å². The molecule has 0 aliphatic carbocycles. The molecule has 7 heteroatoms. The van der Waals surface area contributed by atoms with E-state index < -0.39 is 4.92 Å². The van der Waals surface area contributed by atoms with Crippen LogP contribution in [0.2, 0.25) is 0 Å². The number of carbonyl (C=O) groups is 1. The van der Waals surface area contributed by atoms with Crippen molar-refractivity contribution in [2.45, 2.75) is 0 Å². The lowest BCUT2D eigenvalue weighted by Crippen LogP contribution is -2.01. The van der Waals surface area contributed by atoms with Crippen LogP contribution >= 0.6 is 15.9 Å². The van der Waals surface area contributed by atoms with Gasteiger partial charge in [0.15, 0.2) is 5.78 Å². The van der Waals surface area contributed by atoms with Crippen LogP contribution in [0, 0.1) is 10.1 Å². The van der Waals surface area contributed by atoms with Gasteiger partial charge in [0.2, 0.25) is 0 Å². The number of nitrogens with zero attached hydrogens (tertiary/aromatic N) is 3. The van der Waals surface area contributed by atoms with Gasteiger partial charge >= 0.3 is 5.82 Å². The van der Waals surface area contributed by atoms with Gasteiger partial charge in [-0.05, 0) is 29.2 Å². The summed E-state index contributed by atoms with van der Waals surface area (Å²) in [7, 11) is 0. The average Bonchev–Trinajstić information content (AvgIpc) is 2.88. The summed E-state index contributed by atoms with van der Waals surface area (Å²) >= 11 is 3.09. The van der Waals surface area contributed by atoms with E-state index >= 15 is 0 Å². The molecule has 1 aromatic carbocycles. The number of aromatic nitrogens is 2. The minimum absolute atomic E-state index is 0.0204. The first-order chi connectivity index (χ1) is 8.61. The number of Topliss-reactive ketones (excluding diaryl/α,β-unsaturated/α-hetero) is 1. The lowest BCUT2D eigenvalue weighted by atomic mass is 10.1. The fraction of sp³-hybridized carbons (Fsp3) is 0.0909. The molecule has 0 atom stereocenters. The number of hydrogen-bond donors (Lipinski definition) is 0. The van der Waals surface area contributed by atoms with E-state index in [0.29, 0.717) is 11.3 Å². The molecule has 0 aliphatic heterocycles. The molecular weight excluding hydrogens is 302 g/mol. The van der Waals surface area contributed by atoms with E-state index in [9.17, 15) is 14.9 Å². The maximum absolute atomic E-state index is 11.4. The monoisotopic (exact) mass is 309 g/mol. The largest absolute Gasteiger partial charge is 0.390 e. The van der Waals surface area contributed by atoms with Gasteiger partial charge in [-0.25, -0.2) is 0 Å². The Morgan fingerprint density at radius 1 is 1.33 bits per heavy atom. The summed E-state index contributed by atoms with van der Waals surface area (Å²) in [4.78, 5) is 21.3. The minimum Gasteiger partial charge on any atom is -0.358 e. The third kappa shape index (κ3) is 2.45. The molecule has 0 saturated carbocycles. The van der Waals surface area contributed by atoms with Gasteiger partial charge in [0, 0.05) is 5.56 Å². The predicted octanol–water partition coefficient (Wildman–Crippen LogP) is 2.36. The Morgan fingerprint density at radius 2 is 2.00 bits per heavy atom. The van der Waals surface area contributed by atoms with Crippen LogP contribution in [0.15, 0.2) is 36.5 Å². The van der Waals surface area contributed by atoms with Crippen molar-refractivity contribution in [2.24, 2.45) is 0 Å². The summed E-state index contributed by atoms with van der Waals surface area (Å²) in [5.74, 6) is -0.233. The molecule has 2 rings (SSSR count). The molecule has 0 saturated heterocycles. The van der Waals surface area contributed by atoms with Crippen molar-refractivity contribution in [1.29, 1.82) is 0 Å². The Labute approximate surface area is 111 Å². The standard InChI is InChI=1S/C11H8BrN3O3/c12-7-10(16)8-1-3-9(4-2-8)14-6-5-11(13-14)15(17)18/h1-6H,7H2. The van der Waals surface area contributed by atoms with Crippen LogP contribution in [0.3, 0.4) is 0 Å². The zero-order valence-electron chi connectivity index (χ0n) is 9.12. The Morgan fingerprint density at radius 3 is 2.50 bits per heavy atom. The molecule has 0 amide bonds. The first-order valence-corrected chi connectivity index (χ1v) is 6.13. The molecule has 0 bridgehead atoms. The van der Waals surface area contributed by atoms with Gasteiger partial charge in [0.25, 0.3) is 0 Å². The van der Waals surface area contributed by atoms with Crippen molar-refractivity contribution < 1.29 is 9.72 Å². The maximum Gasteiger partial charge on any atom is 0.390 e. The number of benzene rings is 1. The molecule has 1 heterocycles. The molecule has 0 unspecified atom stereocenters. The Bertz CT molecular complexity index is 592. The molecule has 2 aromatic rings. The molecule has 0 spiro atoms. The highest BCUT2D eigenvalue weighted by Gasteiger charge is 2.12. The molecule has 0 aliphatic rings. The number of rotatable bonds is 4. The predicted molar refractivity (Wildman–Crippen MR) is 68.3 cm³/mol. The summed E-state index contributed by atoms with van der Waals surface area (Å²) in [6.45, 7) is 0. The van der Waals surface area contributed by atoms with Gasteiger partial charge in [-0.15, -0.1) is 4.68 Å². The van der Waals surface area contributed by atoms with E-state index in [1.807, 2.05) is 0 Å². The second-order valence-corrected chi connectivity index (χ2v) is 4.04. The minimum atomic E-state index is -0.556. The SMILES string of the molecule is O=C(CBr)c1ccc(-n2ccc([N+](=O)[O-])n2)cc1. The molecule has 92 valence electrons. The molecule has 0 N–H and O–H groups in total. The Balaban J connectivity index is 2.28. The number of ketones is 1. The van der Waals surface area contributed by atoms with Crippen molar-refractivity contribution in [3.05, 3.63) is 52.2 Å². The van der Waals surface area contributed by atoms with E-state index in [1.54, 1.807) is 24.3 Å². The Hall–Kier alpha value is -2.02. The van der Waals surface area contributed by atoms with E-state index in [2.05, 4.69) is 21.0 Å². The molecular formula is C11H8BrN3O3. The van der Waals surface area contributed by atoms with Gasteiger partial charge in [0.05, 0.1) is 28.4 Å². The van der Waals surface area contributed by atoms with Gasteiger partial charge in [-0.1, -0.05) is 15.9 Å². The highest BCUT2D eigenvalue weighted by atomic mass is 79.9. The molecule has 1 aromatic heterocycles.